The molecule has 1 fully saturated rings. The summed E-state index contributed by atoms with van der Waals surface area (Å²) in [6.45, 7) is 2.21. The molecular weight excluding hydrogens is 364 g/mol. The van der Waals surface area contributed by atoms with Crippen LogP contribution in [0.3, 0.4) is 0 Å². The Labute approximate surface area is 160 Å². The molecule has 1 aliphatic rings. The number of benzene rings is 1. The number of rotatable bonds is 6. The molecule has 1 saturated heterocycles. The summed E-state index contributed by atoms with van der Waals surface area (Å²) in [6.07, 6.45) is 3.22. The molecule has 0 saturated carbocycles. The standard InChI is InChI=1S/C19H22N4O5/c1-20-4-7-28-16-9-14-13(8-12(16)19(25)26)22-18(24)15-10-21-17(23(14)15)11-2-5-27-6-3-11/h8-11,20H,2-7H2,1H3,(H,22,24)(H,25,26). The van der Waals surface area contributed by atoms with Crippen LogP contribution < -0.4 is 15.6 Å². The van der Waals surface area contributed by atoms with E-state index in [1.807, 2.05) is 4.40 Å². The minimum atomic E-state index is -1.11. The molecule has 3 aromatic rings. The van der Waals surface area contributed by atoms with Crippen molar-refractivity contribution in [3.63, 3.8) is 0 Å². The Morgan fingerprint density at radius 1 is 1.39 bits per heavy atom. The van der Waals surface area contributed by atoms with Gasteiger partial charge in [-0.1, -0.05) is 0 Å². The van der Waals surface area contributed by atoms with Crippen LogP contribution >= 0.6 is 0 Å². The van der Waals surface area contributed by atoms with Crippen molar-refractivity contribution in [3.8, 4) is 5.75 Å². The minimum Gasteiger partial charge on any atom is -0.491 e. The van der Waals surface area contributed by atoms with Gasteiger partial charge in [0.05, 0.1) is 17.2 Å². The maximum absolute atomic E-state index is 12.5. The van der Waals surface area contributed by atoms with Gasteiger partial charge in [-0.3, -0.25) is 9.20 Å². The predicted octanol–water partition coefficient (Wildman–Crippen LogP) is 1.37. The van der Waals surface area contributed by atoms with Crippen LogP contribution in [0.5, 0.6) is 5.75 Å². The van der Waals surface area contributed by atoms with Gasteiger partial charge >= 0.3 is 5.97 Å². The number of aromatic carboxylic acids is 1. The number of carboxylic acid groups (broad SMARTS) is 1. The monoisotopic (exact) mass is 386 g/mol. The molecule has 4 rings (SSSR count). The average molecular weight is 386 g/mol. The van der Waals surface area contributed by atoms with Crippen molar-refractivity contribution in [2.75, 3.05) is 33.4 Å². The number of likely N-dealkylation sites (N-methyl/N-ethyl adjacent to an activating group) is 1. The summed E-state index contributed by atoms with van der Waals surface area (Å²) in [5.74, 6) is 0.112. The predicted molar refractivity (Wildman–Crippen MR) is 102 cm³/mol. The highest BCUT2D eigenvalue weighted by Gasteiger charge is 2.23. The van der Waals surface area contributed by atoms with E-state index in [-0.39, 0.29) is 22.8 Å². The molecule has 0 bridgehead atoms. The van der Waals surface area contributed by atoms with Gasteiger partial charge in [-0.05, 0) is 26.0 Å². The minimum absolute atomic E-state index is 0.00587. The molecule has 148 valence electrons. The molecule has 2 aromatic heterocycles. The first-order chi connectivity index (χ1) is 13.6. The molecule has 0 amide bonds. The summed E-state index contributed by atoms with van der Waals surface area (Å²) in [7, 11) is 1.79. The molecule has 0 aliphatic carbocycles. The van der Waals surface area contributed by atoms with Crippen LogP contribution in [0, 0.1) is 0 Å². The van der Waals surface area contributed by atoms with E-state index in [9.17, 15) is 14.7 Å². The van der Waals surface area contributed by atoms with Crippen LogP contribution in [0.25, 0.3) is 16.6 Å². The number of carboxylic acids is 1. The summed E-state index contributed by atoms with van der Waals surface area (Å²) in [4.78, 5) is 31.5. The summed E-state index contributed by atoms with van der Waals surface area (Å²) in [5.41, 5.74) is 1.23. The molecule has 28 heavy (non-hydrogen) atoms. The van der Waals surface area contributed by atoms with Gasteiger partial charge < -0.3 is 24.9 Å². The summed E-state index contributed by atoms with van der Waals surface area (Å²) >= 11 is 0. The quantitative estimate of drug-likeness (QED) is 0.548. The van der Waals surface area contributed by atoms with Crippen molar-refractivity contribution in [1.29, 1.82) is 0 Å². The number of hydrogen-bond donors (Lipinski definition) is 3. The van der Waals surface area contributed by atoms with Crippen LogP contribution in [-0.2, 0) is 4.74 Å². The Morgan fingerprint density at radius 3 is 2.89 bits per heavy atom. The molecule has 1 aliphatic heterocycles. The number of aromatic amines is 1. The second kappa shape index (κ2) is 7.61. The van der Waals surface area contributed by atoms with Gasteiger partial charge in [0.1, 0.15) is 29.3 Å². The zero-order valence-electron chi connectivity index (χ0n) is 15.5. The molecule has 3 N–H and O–H groups in total. The number of carbonyl (C=O) groups is 1. The second-order valence-electron chi connectivity index (χ2n) is 6.80. The molecule has 0 spiro atoms. The molecule has 0 unspecified atom stereocenters. The van der Waals surface area contributed by atoms with E-state index in [1.54, 1.807) is 19.3 Å². The number of nitrogens with zero attached hydrogens (tertiary/aromatic N) is 2. The maximum atomic E-state index is 12.5. The number of fused-ring (bicyclic) bond motifs is 3. The molecule has 9 nitrogen and oxygen atoms in total. The lowest BCUT2D eigenvalue weighted by Crippen LogP contribution is -2.19. The fraction of sp³-hybridized carbons (Fsp3) is 0.421. The van der Waals surface area contributed by atoms with Crippen LogP contribution in [0.2, 0.25) is 0 Å². The third-order valence-corrected chi connectivity index (χ3v) is 5.04. The number of imidazole rings is 1. The zero-order chi connectivity index (χ0) is 19.7. The first-order valence-corrected chi connectivity index (χ1v) is 9.26. The zero-order valence-corrected chi connectivity index (χ0v) is 15.5. The van der Waals surface area contributed by atoms with E-state index in [4.69, 9.17) is 9.47 Å². The van der Waals surface area contributed by atoms with E-state index in [0.29, 0.717) is 42.9 Å². The number of aromatic nitrogens is 3. The van der Waals surface area contributed by atoms with Crippen LogP contribution in [0.1, 0.15) is 34.9 Å². The summed E-state index contributed by atoms with van der Waals surface area (Å²) in [6, 6.07) is 3.11. The van der Waals surface area contributed by atoms with Crippen molar-refractivity contribution in [3.05, 3.63) is 40.1 Å². The van der Waals surface area contributed by atoms with Crippen LogP contribution in [-0.4, -0.2) is 58.9 Å². The highest BCUT2D eigenvalue weighted by Crippen LogP contribution is 2.30. The first kappa shape index (κ1) is 18.5. The molecule has 9 heteroatoms. The molecule has 0 radical (unpaired) electrons. The van der Waals surface area contributed by atoms with Crippen molar-refractivity contribution in [2.24, 2.45) is 0 Å². The molecule has 1 aromatic carbocycles. The van der Waals surface area contributed by atoms with Crippen molar-refractivity contribution in [2.45, 2.75) is 18.8 Å². The van der Waals surface area contributed by atoms with Gasteiger partial charge in [0, 0.05) is 31.7 Å². The third-order valence-electron chi connectivity index (χ3n) is 5.04. The maximum Gasteiger partial charge on any atom is 0.339 e. The van der Waals surface area contributed by atoms with E-state index >= 15 is 0 Å². The van der Waals surface area contributed by atoms with Crippen LogP contribution in [0.4, 0.5) is 0 Å². The number of hydrogen-bond acceptors (Lipinski definition) is 6. The largest absolute Gasteiger partial charge is 0.491 e. The van der Waals surface area contributed by atoms with E-state index in [2.05, 4.69) is 15.3 Å². The van der Waals surface area contributed by atoms with E-state index < -0.39 is 5.97 Å². The van der Waals surface area contributed by atoms with Gasteiger partial charge in [0.15, 0.2) is 0 Å². The Kier molecular flexibility index (Phi) is 5.01. The molecular formula is C19H22N4O5. The topological polar surface area (TPSA) is 118 Å². The smallest absolute Gasteiger partial charge is 0.339 e. The van der Waals surface area contributed by atoms with Gasteiger partial charge in [-0.2, -0.15) is 0 Å². The molecule has 3 heterocycles. The fourth-order valence-electron chi connectivity index (χ4n) is 3.61. The lowest BCUT2D eigenvalue weighted by Gasteiger charge is -2.21. The van der Waals surface area contributed by atoms with Crippen molar-refractivity contribution >= 4 is 22.5 Å². The van der Waals surface area contributed by atoms with Crippen LogP contribution in [0.15, 0.2) is 23.1 Å². The fourth-order valence-corrected chi connectivity index (χ4v) is 3.61. The summed E-state index contributed by atoms with van der Waals surface area (Å²) in [5, 5.41) is 12.5. The Balaban J connectivity index is 1.93. The number of nitrogens with one attached hydrogen (secondary N) is 2. The SMILES string of the molecule is CNCCOc1cc2c(cc1C(=O)O)[nH]c(=O)c1cnc(C3CCOCC3)n12. The summed E-state index contributed by atoms with van der Waals surface area (Å²) < 4.78 is 13.0. The van der Waals surface area contributed by atoms with Gasteiger partial charge in [-0.15, -0.1) is 0 Å². The van der Waals surface area contributed by atoms with Gasteiger partial charge in [0.2, 0.25) is 0 Å². The van der Waals surface area contributed by atoms with Crippen molar-refractivity contribution < 1.29 is 19.4 Å². The normalized spacial score (nSPS) is 15.3. The molecule has 0 atom stereocenters. The first-order valence-electron chi connectivity index (χ1n) is 9.26. The second-order valence-corrected chi connectivity index (χ2v) is 6.80. The van der Waals surface area contributed by atoms with E-state index in [0.717, 1.165) is 18.7 Å². The average Bonchev–Trinajstić information content (AvgIpc) is 3.15. The highest BCUT2D eigenvalue weighted by atomic mass is 16.5. The number of ether oxygens (including phenoxy) is 2. The Morgan fingerprint density at radius 2 is 2.18 bits per heavy atom. The van der Waals surface area contributed by atoms with Crippen molar-refractivity contribution in [1.82, 2.24) is 19.7 Å². The Hall–Kier alpha value is -2.91. The van der Waals surface area contributed by atoms with E-state index in [1.165, 1.54) is 6.07 Å². The lowest BCUT2D eigenvalue weighted by molar-refractivity contribution is 0.0692. The number of H-pyrrole nitrogens is 1. The Bertz CT molecular complexity index is 1080. The van der Waals surface area contributed by atoms with Gasteiger partial charge in [0.25, 0.3) is 5.56 Å². The third kappa shape index (κ3) is 3.23. The van der Waals surface area contributed by atoms with Gasteiger partial charge in [-0.25, -0.2) is 9.78 Å². The lowest BCUT2D eigenvalue weighted by atomic mass is 9.99. The highest BCUT2D eigenvalue weighted by molar-refractivity contribution is 5.96.